The zero-order chi connectivity index (χ0) is 12.0. The van der Waals surface area contributed by atoms with Crippen molar-refractivity contribution in [2.45, 2.75) is 6.42 Å². The lowest BCUT2D eigenvalue weighted by atomic mass is 10.2. The van der Waals surface area contributed by atoms with Crippen LogP contribution in [0.2, 0.25) is 0 Å². The van der Waals surface area contributed by atoms with E-state index in [9.17, 15) is 4.79 Å². The van der Waals surface area contributed by atoms with Crippen molar-refractivity contribution in [3.63, 3.8) is 0 Å². The van der Waals surface area contributed by atoms with Crippen molar-refractivity contribution in [2.24, 2.45) is 0 Å². The van der Waals surface area contributed by atoms with Gasteiger partial charge in [0.25, 0.3) is 5.91 Å². The monoisotopic (exact) mass is 217 g/mol. The molecule has 1 rings (SSSR count). The Bertz CT molecular complexity index is 390. The van der Waals surface area contributed by atoms with Crippen LogP contribution in [-0.2, 0) is 0 Å². The normalized spacial score (nSPS) is 9.31. The number of rotatable bonds is 4. The number of benzene rings is 1. The highest BCUT2D eigenvalue weighted by Crippen LogP contribution is 2.11. The number of amides is 1. The van der Waals surface area contributed by atoms with Gasteiger partial charge in [0.15, 0.2) is 0 Å². The number of hydrogen-bond acceptors (Lipinski definition) is 3. The third-order valence-corrected chi connectivity index (χ3v) is 2.17. The van der Waals surface area contributed by atoms with Gasteiger partial charge in [0.2, 0.25) is 0 Å². The maximum atomic E-state index is 11.6. The van der Waals surface area contributed by atoms with Crippen LogP contribution in [0.1, 0.15) is 16.8 Å². The molecule has 0 radical (unpaired) electrons. The molecule has 4 nitrogen and oxygen atoms in total. The quantitative estimate of drug-likeness (QED) is 0.775. The van der Waals surface area contributed by atoms with Crippen molar-refractivity contribution in [2.75, 3.05) is 25.5 Å². The molecule has 1 aromatic carbocycles. The topological polar surface area (TPSA) is 56.1 Å². The number of hydrogen-bond donors (Lipinski definition) is 1. The van der Waals surface area contributed by atoms with E-state index in [0.717, 1.165) is 5.69 Å². The summed E-state index contributed by atoms with van der Waals surface area (Å²) in [6.45, 7) is 0.394. The smallest absolute Gasteiger partial charge is 0.251 e. The van der Waals surface area contributed by atoms with E-state index in [1.807, 2.05) is 37.2 Å². The van der Waals surface area contributed by atoms with Gasteiger partial charge in [-0.1, -0.05) is 0 Å². The van der Waals surface area contributed by atoms with E-state index < -0.39 is 0 Å². The maximum Gasteiger partial charge on any atom is 0.251 e. The molecule has 0 bridgehead atoms. The summed E-state index contributed by atoms with van der Waals surface area (Å²) in [5, 5.41) is 11.0. The Labute approximate surface area is 95.5 Å². The first-order valence-corrected chi connectivity index (χ1v) is 5.07. The largest absolute Gasteiger partial charge is 0.378 e. The molecule has 1 aromatic rings. The third-order valence-electron chi connectivity index (χ3n) is 2.17. The van der Waals surface area contributed by atoms with Crippen LogP contribution in [-0.4, -0.2) is 26.5 Å². The van der Waals surface area contributed by atoms with Gasteiger partial charge in [0, 0.05) is 31.9 Å². The summed E-state index contributed by atoms with van der Waals surface area (Å²) in [7, 11) is 3.89. The molecular weight excluding hydrogens is 202 g/mol. The van der Waals surface area contributed by atoms with Crippen molar-refractivity contribution in [1.82, 2.24) is 5.32 Å². The van der Waals surface area contributed by atoms with Crippen LogP contribution in [0.4, 0.5) is 5.69 Å². The first-order valence-electron chi connectivity index (χ1n) is 5.07. The van der Waals surface area contributed by atoms with Crippen LogP contribution >= 0.6 is 0 Å². The molecular formula is C12H15N3O. The molecule has 1 N–H and O–H groups in total. The van der Waals surface area contributed by atoms with Gasteiger partial charge in [-0.3, -0.25) is 4.79 Å². The zero-order valence-electron chi connectivity index (χ0n) is 9.53. The van der Waals surface area contributed by atoms with Gasteiger partial charge in [-0.15, -0.1) is 0 Å². The summed E-state index contributed by atoms with van der Waals surface area (Å²) in [5.74, 6) is -0.138. The van der Waals surface area contributed by atoms with Crippen molar-refractivity contribution in [3.8, 4) is 6.07 Å². The summed E-state index contributed by atoms with van der Waals surface area (Å²) in [6, 6.07) is 9.30. The van der Waals surface area contributed by atoms with E-state index >= 15 is 0 Å². The minimum atomic E-state index is -0.138. The van der Waals surface area contributed by atoms with Gasteiger partial charge >= 0.3 is 0 Å². The molecule has 0 fully saturated rings. The Kier molecular flexibility index (Phi) is 4.34. The summed E-state index contributed by atoms with van der Waals surface area (Å²) in [5.41, 5.74) is 1.66. The Morgan fingerprint density at radius 1 is 1.38 bits per heavy atom. The summed E-state index contributed by atoms with van der Waals surface area (Å²) < 4.78 is 0. The van der Waals surface area contributed by atoms with Crippen LogP contribution in [0, 0.1) is 11.3 Å². The fourth-order valence-corrected chi connectivity index (χ4v) is 1.24. The lowest BCUT2D eigenvalue weighted by molar-refractivity contribution is 0.0954. The fourth-order valence-electron chi connectivity index (χ4n) is 1.24. The van der Waals surface area contributed by atoms with E-state index in [-0.39, 0.29) is 5.91 Å². The highest BCUT2D eigenvalue weighted by atomic mass is 16.1. The van der Waals surface area contributed by atoms with E-state index in [2.05, 4.69) is 5.32 Å². The molecule has 4 heteroatoms. The van der Waals surface area contributed by atoms with E-state index in [0.29, 0.717) is 18.5 Å². The number of nitrogens with zero attached hydrogens (tertiary/aromatic N) is 2. The highest BCUT2D eigenvalue weighted by Gasteiger charge is 2.04. The Morgan fingerprint density at radius 2 is 2.00 bits per heavy atom. The minimum absolute atomic E-state index is 0.138. The molecule has 0 saturated carbocycles. The van der Waals surface area contributed by atoms with E-state index in [1.165, 1.54) is 0 Å². The molecule has 1 amide bonds. The van der Waals surface area contributed by atoms with Gasteiger partial charge in [-0.2, -0.15) is 5.26 Å². The van der Waals surface area contributed by atoms with Crippen LogP contribution in [0.5, 0.6) is 0 Å². The minimum Gasteiger partial charge on any atom is -0.378 e. The van der Waals surface area contributed by atoms with Gasteiger partial charge < -0.3 is 10.2 Å². The second-order valence-corrected chi connectivity index (χ2v) is 3.61. The lowest BCUT2D eigenvalue weighted by Gasteiger charge is -2.12. The van der Waals surface area contributed by atoms with Crippen LogP contribution in [0.15, 0.2) is 24.3 Å². The average molecular weight is 217 g/mol. The SMILES string of the molecule is CN(C)c1ccc(C(=O)NCCC#N)cc1. The van der Waals surface area contributed by atoms with Gasteiger partial charge in [0.1, 0.15) is 0 Å². The molecule has 0 aromatic heterocycles. The molecule has 0 unspecified atom stereocenters. The number of carbonyl (C=O) groups excluding carboxylic acids is 1. The highest BCUT2D eigenvalue weighted by molar-refractivity contribution is 5.94. The first-order chi connectivity index (χ1) is 7.65. The van der Waals surface area contributed by atoms with Crippen LogP contribution in [0.3, 0.4) is 0 Å². The Balaban J connectivity index is 2.60. The Hall–Kier alpha value is -2.02. The second kappa shape index (κ2) is 5.76. The predicted molar refractivity (Wildman–Crippen MR) is 63.3 cm³/mol. The molecule has 0 atom stereocenters. The van der Waals surface area contributed by atoms with Crippen molar-refractivity contribution >= 4 is 11.6 Å². The number of anilines is 1. The standard InChI is InChI=1S/C12H15N3O/c1-15(2)11-6-4-10(5-7-11)12(16)14-9-3-8-13/h4-7H,3,9H2,1-2H3,(H,14,16). The average Bonchev–Trinajstić information content (AvgIpc) is 2.29. The number of carbonyl (C=O) groups is 1. The fraction of sp³-hybridized carbons (Fsp3) is 0.333. The molecule has 0 aliphatic carbocycles. The molecule has 0 heterocycles. The molecule has 0 saturated heterocycles. The van der Waals surface area contributed by atoms with Gasteiger partial charge in [-0.25, -0.2) is 0 Å². The molecule has 84 valence electrons. The van der Waals surface area contributed by atoms with Crippen LogP contribution in [0.25, 0.3) is 0 Å². The van der Waals surface area contributed by atoms with E-state index in [4.69, 9.17) is 5.26 Å². The van der Waals surface area contributed by atoms with Gasteiger partial charge in [-0.05, 0) is 24.3 Å². The summed E-state index contributed by atoms with van der Waals surface area (Å²) >= 11 is 0. The van der Waals surface area contributed by atoms with Crippen molar-refractivity contribution in [1.29, 1.82) is 5.26 Å². The molecule has 0 aliphatic heterocycles. The summed E-state index contributed by atoms with van der Waals surface area (Å²) in [4.78, 5) is 13.5. The van der Waals surface area contributed by atoms with Crippen molar-refractivity contribution < 1.29 is 4.79 Å². The second-order valence-electron chi connectivity index (χ2n) is 3.61. The van der Waals surface area contributed by atoms with Crippen molar-refractivity contribution in [3.05, 3.63) is 29.8 Å². The van der Waals surface area contributed by atoms with Crippen LogP contribution < -0.4 is 10.2 Å². The van der Waals surface area contributed by atoms with Gasteiger partial charge in [0.05, 0.1) is 12.5 Å². The lowest BCUT2D eigenvalue weighted by Crippen LogP contribution is -2.24. The number of nitrogens with one attached hydrogen (secondary N) is 1. The number of nitriles is 1. The predicted octanol–water partition coefficient (Wildman–Crippen LogP) is 1.40. The maximum absolute atomic E-state index is 11.6. The zero-order valence-corrected chi connectivity index (χ0v) is 9.53. The summed E-state index contributed by atoms with van der Waals surface area (Å²) in [6.07, 6.45) is 0.335. The molecule has 0 spiro atoms. The third kappa shape index (κ3) is 3.28. The first kappa shape index (κ1) is 12.1. The molecule has 0 aliphatic rings. The Morgan fingerprint density at radius 3 is 2.50 bits per heavy atom. The molecule has 16 heavy (non-hydrogen) atoms. The van der Waals surface area contributed by atoms with E-state index in [1.54, 1.807) is 12.1 Å².